The van der Waals surface area contributed by atoms with E-state index >= 15 is 0 Å². The van der Waals surface area contributed by atoms with E-state index in [9.17, 15) is 4.79 Å². The summed E-state index contributed by atoms with van der Waals surface area (Å²) in [5.74, 6) is -0.00477. The Hall–Kier alpha value is -1.84. The normalized spacial score (nSPS) is 15.3. The molecule has 2 aromatic rings. The van der Waals surface area contributed by atoms with Crippen LogP contribution in [0.4, 0.5) is 0 Å². The van der Waals surface area contributed by atoms with Gasteiger partial charge in [-0.2, -0.15) is 5.10 Å². The molecule has 0 aliphatic carbocycles. The lowest BCUT2D eigenvalue weighted by atomic mass is 10.1. The van der Waals surface area contributed by atoms with Gasteiger partial charge >= 0.3 is 0 Å². The number of aromatic nitrogens is 2. The molecular weight excluding hydrogens is 178 g/mol. The van der Waals surface area contributed by atoms with Gasteiger partial charge in [0, 0.05) is 11.9 Å². The molecule has 0 unspecified atom stereocenters. The number of nitrogens with zero attached hydrogens (tertiary/aromatic N) is 2. The highest BCUT2D eigenvalue weighted by atomic mass is 16.1. The number of benzene rings is 1. The van der Waals surface area contributed by atoms with Gasteiger partial charge in [-0.25, -0.2) is 0 Å². The number of hydrogen-bond acceptors (Lipinski definition) is 2. The average Bonchev–Trinajstić information content (AvgIpc) is 2.53. The van der Waals surface area contributed by atoms with E-state index in [4.69, 9.17) is 0 Å². The summed E-state index contributed by atoms with van der Waals surface area (Å²) in [6.07, 6.45) is 1.80. The molecule has 4 nitrogen and oxygen atoms in total. The Morgan fingerprint density at radius 1 is 1.43 bits per heavy atom. The van der Waals surface area contributed by atoms with Crippen molar-refractivity contribution in [3.05, 3.63) is 30.0 Å². The highest BCUT2D eigenvalue weighted by Gasteiger charge is 2.16. The number of para-hydroxylation sites is 1. The molecule has 2 heterocycles. The van der Waals surface area contributed by atoms with E-state index in [1.165, 1.54) is 0 Å². The molecule has 14 heavy (non-hydrogen) atoms. The van der Waals surface area contributed by atoms with Crippen LogP contribution >= 0.6 is 0 Å². The van der Waals surface area contributed by atoms with E-state index in [-0.39, 0.29) is 5.91 Å². The van der Waals surface area contributed by atoms with Crippen LogP contribution in [0.5, 0.6) is 0 Å². The Morgan fingerprint density at radius 3 is 3.29 bits per heavy atom. The molecule has 0 bridgehead atoms. The zero-order valence-corrected chi connectivity index (χ0v) is 7.53. The number of hydrogen-bond donors (Lipinski definition) is 1. The lowest BCUT2D eigenvalue weighted by Crippen LogP contribution is -2.24. The van der Waals surface area contributed by atoms with Crippen LogP contribution in [0.2, 0.25) is 0 Å². The quantitative estimate of drug-likeness (QED) is 0.662. The predicted molar refractivity (Wildman–Crippen MR) is 52.1 cm³/mol. The third-order valence-electron chi connectivity index (χ3n) is 2.52. The van der Waals surface area contributed by atoms with Crippen LogP contribution in [0.3, 0.4) is 0 Å². The Kier molecular flexibility index (Phi) is 1.39. The van der Waals surface area contributed by atoms with E-state index in [1.54, 1.807) is 6.20 Å². The molecule has 1 aliphatic heterocycles. The molecule has 1 aromatic carbocycles. The molecule has 1 amide bonds. The Bertz CT molecular complexity index is 515. The van der Waals surface area contributed by atoms with Crippen molar-refractivity contribution in [2.45, 2.75) is 6.54 Å². The number of amides is 1. The molecular formula is C10H9N3O. The van der Waals surface area contributed by atoms with Gasteiger partial charge in [0.15, 0.2) is 0 Å². The molecule has 0 atom stereocenters. The number of rotatable bonds is 0. The summed E-state index contributed by atoms with van der Waals surface area (Å²) in [4.78, 5) is 11.6. The SMILES string of the molecule is O=C1NCCn2ncc3cccc1c32. The molecule has 1 N–H and O–H groups in total. The Balaban J connectivity index is 2.44. The zero-order chi connectivity index (χ0) is 9.54. The standard InChI is InChI=1S/C10H9N3O/c14-10-8-3-1-2-7-6-12-13(9(7)8)5-4-11-10/h1-3,6H,4-5H2,(H,11,14). The summed E-state index contributed by atoms with van der Waals surface area (Å²) in [5, 5.41) is 8.11. The van der Waals surface area contributed by atoms with Gasteiger partial charge in [-0.05, 0) is 6.07 Å². The zero-order valence-electron chi connectivity index (χ0n) is 7.53. The summed E-state index contributed by atoms with van der Waals surface area (Å²) < 4.78 is 1.88. The summed E-state index contributed by atoms with van der Waals surface area (Å²) in [7, 11) is 0. The minimum Gasteiger partial charge on any atom is -0.350 e. The van der Waals surface area contributed by atoms with Crippen molar-refractivity contribution in [1.29, 1.82) is 0 Å². The topological polar surface area (TPSA) is 46.9 Å². The van der Waals surface area contributed by atoms with Gasteiger partial charge in [-0.15, -0.1) is 0 Å². The van der Waals surface area contributed by atoms with Crippen LogP contribution in [0.1, 0.15) is 10.4 Å². The van der Waals surface area contributed by atoms with Crippen LogP contribution in [0.15, 0.2) is 24.4 Å². The van der Waals surface area contributed by atoms with Gasteiger partial charge in [-0.1, -0.05) is 12.1 Å². The molecule has 70 valence electrons. The third kappa shape index (κ3) is 0.878. The second-order valence-corrected chi connectivity index (χ2v) is 3.37. The fourth-order valence-corrected chi connectivity index (χ4v) is 1.87. The van der Waals surface area contributed by atoms with Crippen molar-refractivity contribution >= 4 is 16.8 Å². The smallest absolute Gasteiger partial charge is 0.253 e. The van der Waals surface area contributed by atoms with E-state index < -0.39 is 0 Å². The number of carbonyl (C=O) groups excluding carboxylic acids is 1. The molecule has 3 rings (SSSR count). The molecule has 1 aromatic heterocycles. The van der Waals surface area contributed by atoms with Crippen LogP contribution in [-0.2, 0) is 6.54 Å². The van der Waals surface area contributed by atoms with E-state index in [1.807, 2.05) is 22.9 Å². The summed E-state index contributed by atoms with van der Waals surface area (Å²) in [5.41, 5.74) is 1.67. The summed E-state index contributed by atoms with van der Waals surface area (Å²) >= 11 is 0. The minimum atomic E-state index is -0.00477. The first-order chi connectivity index (χ1) is 6.86. The first-order valence-corrected chi connectivity index (χ1v) is 4.59. The lowest BCUT2D eigenvalue weighted by molar-refractivity contribution is 0.0956. The van der Waals surface area contributed by atoms with Gasteiger partial charge in [0.05, 0.1) is 23.8 Å². The van der Waals surface area contributed by atoms with Crippen molar-refractivity contribution in [2.75, 3.05) is 6.54 Å². The highest BCUT2D eigenvalue weighted by Crippen LogP contribution is 2.19. The minimum absolute atomic E-state index is 0.00477. The maximum atomic E-state index is 11.6. The van der Waals surface area contributed by atoms with E-state index in [0.29, 0.717) is 6.54 Å². The molecule has 4 heteroatoms. The molecule has 0 fully saturated rings. The monoisotopic (exact) mass is 187 g/mol. The fraction of sp³-hybridized carbons (Fsp3) is 0.200. The van der Waals surface area contributed by atoms with Crippen LogP contribution in [-0.4, -0.2) is 22.2 Å². The van der Waals surface area contributed by atoms with Gasteiger partial charge in [-0.3, -0.25) is 9.48 Å². The molecule has 0 saturated heterocycles. The fourth-order valence-electron chi connectivity index (χ4n) is 1.87. The second kappa shape index (κ2) is 2.57. The van der Waals surface area contributed by atoms with Crippen molar-refractivity contribution in [3.8, 4) is 0 Å². The number of nitrogens with one attached hydrogen (secondary N) is 1. The molecule has 0 saturated carbocycles. The molecule has 1 aliphatic rings. The van der Waals surface area contributed by atoms with Crippen molar-refractivity contribution < 1.29 is 4.79 Å². The summed E-state index contributed by atoms with van der Waals surface area (Å²) in [6, 6.07) is 5.69. The van der Waals surface area contributed by atoms with E-state index in [0.717, 1.165) is 23.0 Å². The average molecular weight is 187 g/mol. The Labute approximate surface area is 80.5 Å². The van der Waals surface area contributed by atoms with Crippen LogP contribution in [0.25, 0.3) is 10.9 Å². The van der Waals surface area contributed by atoms with Crippen LogP contribution in [0, 0.1) is 0 Å². The first kappa shape index (κ1) is 7.55. The molecule has 0 radical (unpaired) electrons. The van der Waals surface area contributed by atoms with Gasteiger partial charge in [0.25, 0.3) is 5.91 Å². The van der Waals surface area contributed by atoms with Gasteiger partial charge in [0.2, 0.25) is 0 Å². The highest BCUT2D eigenvalue weighted by molar-refractivity contribution is 6.05. The van der Waals surface area contributed by atoms with Crippen LogP contribution < -0.4 is 5.32 Å². The van der Waals surface area contributed by atoms with Crippen molar-refractivity contribution in [2.24, 2.45) is 0 Å². The largest absolute Gasteiger partial charge is 0.350 e. The van der Waals surface area contributed by atoms with Gasteiger partial charge < -0.3 is 5.32 Å². The first-order valence-electron chi connectivity index (χ1n) is 4.59. The van der Waals surface area contributed by atoms with E-state index in [2.05, 4.69) is 10.4 Å². The summed E-state index contributed by atoms with van der Waals surface area (Å²) in [6.45, 7) is 1.39. The second-order valence-electron chi connectivity index (χ2n) is 3.37. The molecule has 0 spiro atoms. The number of carbonyl (C=O) groups is 1. The predicted octanol–water partition coefficient (Wildman–Crippen LogP) is 0.780. The maximum Gasteiger partial charge on any atom is 0.253 e. The third-order valence-corrected chi connectivity index (χ3v) is 2.52. The van der Waals surface area contributed by atoms with Crippen molar-refractivity contribution in [3.63, 3.8) is 0 Å². The maximum absolute atomic E-state index is 11.6. The Morgan fingerprint density at radius 2 is 2.36 bits per heavy atom. The van der Waals surface area contributed by atoms with Crippen molar-refractivity contribution in [1.82, 2.24) is 15.1 Å². The van der Waals surface area contributed by atoms with Gasteiger partial charge in [0.1, 0.15) is 0 Å². The lowest BCUT2D eigenvalue weighted by Gasteiger charge is -1.99.